The van der Waals surface area contributed by atoms with Gasteiger partial charge in [-0.1, -0.05) is 0 Å². The number of rotatable bonds is 6. The van der Waals surface area contributed by atoms with Gasteiger partial charge in [0.1, 0.15) is 12.1 Å². The van der Waals surface area contributed by atoms with Crippen LogP contribution in [0.5, 0.6) is 0 Å². The number of methoxy groups -OCH3 is 1. The first-order chi connectivity index (χ1) is 9.38. The van der Waals surface area contributed by atoms with Crippen molar-refractivity contribution in [1.82, 2.24) is 14.5 Å². The van der Waals surface area contributed by atoms with E-state index in [1.165, 1.54) is 14.2 Å². The van der Waals surface area contributed by atoms with E-state index >= 15 is 0 Å². The molecule has 0 aliphatic heterocycles. The first kappa shape index (κ1) is 15.6. The summed E-state index contributed by atoms with van der Waals surface area (Å²) in [4.78, 5) is 49.1. The summed E-state index contributed by atoms with van der Waals surface area (Å²) in [6.07, 6.45) is 0.981. The first-order valence-corrected chi connectivity index (χ1v) is 5.67. The molecule has 9 heteroatoms. The van der Waals surface area contributed by atoms with E-state index in [1.54, 1.807) is 0 Å². The predicted octanol–water partition coefficient (Wildman–Crippen LogP) is -1.75. The number of amides is 1. The van der Waals surface area contributed by atoms with Gasteiger partial charge in [-0.25, -0.2) is 4.79 Å². The molecule has 1 rings (SSSR count). The highest BCUT2D eigenvalue weighted by Crippen LogP contribution is 1.98. The van der Waals surface area contributed by atoms with Gasteiger partial charge in [-0.2, -0.15) is 0 Å². The van der Waals surface area contributed by atoms with E-state index in [2.05, 4.69) is 4.98 Å². The number of carboxylic acid groups (broad SMARTS) is 1. The Kier molecular flexibility index (Phi) is 5.21. The number of carbonyl (C=O) groups excluding carboxylic acids is 1. The van der Waals surface area contributed by atoms with Crippen molar-refractivity contribution in [3.05, 3.63) is 32.6 Å². The molecule has 110 valence electrons. The molecule has 0 saturated carbocycles. The van der Waals surface area contributed by atoms with Gasteiger partial charge in [-0.3, -0.25) is 19.0 Å². The lowest BCUT2D eigenvalue weighted by Crippen LogP contribution is -2.43. The van der Waals surface area contributed by atoms with Crippen LogP contribution < -0.4 is 11.2 Å². The second-order valence-corrected chi connectivity index (χ2v) is 3.98. The van der Waals surface area contributed by atoms with E-state index in [-0.39, 0.29) is 18.7 Å². The maximum atomic E-state index is 12.1. The molecule has 9 nitrogen and oxygen atoms in total. The molecule has 0 radical (unpaired) electrons. The lowest BCUT2D eigenvalue weighted by molar-refractivity contribution is -0.137. The van der Waals surface area contributed by atoms with Gasteiger partial charge in [0, 0.05) is 26.9 Å². The van der Waals surface area contributed by atoms with E-state index in [0.717, 1.165) is 15.7 Å². The Bertz CT molecular complexity index is 617. The van der Waals surface area contributed by atoms with Crippen LogP contribution in [0, 0.1) is 0 Å². The summed E-state index contributed by atoms with van der Waals surface area (Å²) in [5.41, 5.74) is -1.75. The lowest BCUT2D eigenvalue weighted by atomic mass is 10.2. The molecule has 0 bridgehead atoms. The van der Waals surface area contributed by atoms with Crippen LogP contribution in [0.4, 0.5) is 0 Å². The summed E-state index contributed by atoms with van der Waals surface area (Å²) < 4.78 is 5.52. The molecule has 20 heavy (non-hydrogen) atoms. The number of aromatic nitrogens is 2. The molecular weight excluding hydrogens is 270 g/mol. The third-order valence-corrected chi connectivity index (χ3v) is 2.59. The van der Waals surface area contributed by atoms with Crippen LogP contribution in [0.15, 0.2) is 15.8 Å². The fraction of sp³-hybridized carbons (Fsp3) is 0.455. The van der Waals surface area contributed by atoms with Crippen LogP contribution in [0.1, 0.15) is 10.4 Å². The van der Waals surface area contributed by atoms with E-state index in [4.69, 9.17) is 9.84 Å². The third-order valence-electron chi connectivity index (χ3n) is 2.59. The van der Waals surface area contributed by atoms with Crippen LogP contribution in [-0.4, -0.2) is 58.2 Å². The van der Waals surface area contributed by atoms with Crippen LogP contribution in [0.25, 0.3) is 0 Å². The zero-order valence-electron chi connectivity index (χ0n) is 11.1. The summed E-state index contributed by atoms with van der Waals surface area (Å²) in [5, 5.41) is 8.77. The summed E-state index contributed by atoms with van der Waals surface area (Å²) in [6, 6.07) is 0. The second-order valence-electron chi connectivity index (χ2n) is 3.98. The molecule has 0 atom stereocenters. The minimum Gasteiger partial charge on any atom is -0.480 e. The molecule has 0 saturated heterocycles. The van der Waals surface area contributed by atoms with Crippen molar-refractivity contribution in [2.75, 3.05) is 26.8 Å². The highest BCUT2D eigenvalue weighted by molar-refractivity contribution is 5.95. The number of hydrogen-bond acceptors (Lipinski definition) is 5. The zero-order valence-corrected chi connectivity index (χ0v) is 11.1. The van der Waals surface area contributed by atoms with E-state index in [9.17, 15) is 19.2 Å². The second kappa shape index (κ2) is 6.66. The van der Waals surface area contributed by atoms with Gasteiger partial charge >= 0.3 is 11.7 Å². The predicted molar refractivity (Wildman–Crippen MR) is 67.7 cm³/mol. The molecule has 0 aromatic carbocycles. The first-order valence-electron chi connectivity index (χ1n) is 5.67. The Morgan fingerprint density at radius 1 is 1.45 bits per heavy atom. The number of aliphatic carboxylic acids is 1. The maximum absolute atomic E-state index is 12.1. The SMILES string of the molecule is COCCN(CC(=O)O)C(=O)c1c[nH]c(=O)n(C)c1=O. The Morgan fingerprint density at radius 3 is 2.65 bits per heavy atom. The number of aromatic amines is 1. The standard InChI is InChI=1S/C11H15N3O6/c1-13-9(17)7(5-12-11(13)19)10(18)14(3-4-20-2)6-8(15)16/h5H,3-4,6H2,1-2H3,(H,12,19)(H,15,16). The molecule has 2 N–H and O–H groups in total. The Hall–Kier alpha value is -2.42. The molecule has 1 aromatic heterocycles. The smallest absolute Gasteiger partial charge is 0.328 e. The Labute approximate surface area is 113 Å². The quantitative estimate of drug-likeness (QED) is 0.639. The van der Waals surface area contributed by atoms with Crippen LogP contribution >= 0.6 is 0 Å². The highest BCUT2D eigenvalue weighted by atomic mass is 16.5. The van der Waals surface area contributed by atoms with Gasteiger partial charge in [0.05, 0.1) is 6.61 Å². The molecule has 1 heterocycles. The Morgan fingerprint density at radius 2 is 2.10 bits per heavy atom. The van der Waals surface area contributed by atoms with Crippen molar-refractivity contribution >= 4 is 11.9 Å². The summed E-state index contributed by atoms with van der Waals surface area (Å²) in [5.74, 6) is -1.99. The lowest BCUT2D eigenvalue weighted by Gasteiger charge is -2.19. The normalized spacial score (nSPS) is 10.3. The molecular formula is C11H15N3O6. The zero-order chi connectivity index (χ0) is 15.3. The molecule has 0 fully saturated rings. The third kappa shape index (κ3) is 3.54. The number of ether oxygens (including phenoxy) is 1. The van der Waals surface area contributed by atoms with Gasteiger partial charge in [0.15, 0.2) is 0 Å². The van der Waals surface area contributed by atoms with Crippen LogP contribution in [-0.2, 0) is 16.6 Å². The van der Waals surface area contributed by atoms with Gasteiger partial charge in [-0.05, 0) is 0 Å². The van der Waals surface area contributed by atoms with E-state index < -0.39 is 29.7 Å². The average molecular weight is 285 g/mol. The molecule has 0 unspecified atom stereocenters. The van der Waals surface area contributed by atoms with Crippen molar-refractivity contribution in [1.29, 1.82) is 0 Å². The number of H-pyrrole nitrogens is 1. The number of carbonyl (C=O) groups is 2. The molecule has 0 aliphatic rings. The molecule has 0 spiro atoms. The van der Waals surface area contributed by atoms with Gasteiger partial charge in [0.2, 0.25) is 0 Å². The topological polar surface area (TPSA) is 122 Å². The van der Waals surface area contributed by atoms with Crippen molar-refractivity contribution in [2.24, 2.45) is 7.05 Å². The minimum atomic E-state index is -1.21. The summed E-state index contributed by atoms with van der Waals surface area (Å²) in [6.45, 7) is -0.420. The molecule has 1 aromatic rings. The monoisotopic (exact) mass is 285 g/mol. The van der Waals surface area contributed by atoms with E-state index in [0.29, 0.717) is 0 Å². The number of nitrogens with one attached hydrogen (secondary N) is 1. The largest absolute Gasteiger partial charge is 0.480 e. The summed E-state index contributed by atoms with van der Waals surface area (Å²) >= 11 is 0. The van der Waals surface area contributed by atoms with Crippen LogP contribution in [0.2, 0.25) is 0 Å². The van der Waals surface area contributed by atoms with Gasteiger partial charge < -0.3 is 19.7 Å². The van der Waals surface area contributed by atoms with Crippen molar-refractivity contribution in [3.63, 3.8) is 0 Å². The minimum absolute atomic E-state index is 0.0178. The van der Waals surface area contributed by atoms with Crippen molar-refractivity contribution < 1.29 is 19.4 Å². The maximum Gasteiger partial charge on any atom is 0.328 e. The number of nitrogens with zero attached hydrogens (tertiary/aromatic N) is 2. The average Bonchev–Trinajstić information content (AvgIpc) is 2.40. The van der Waals surface area contributed by atoms with E-state index in [1.807, 2.05) is 0 Å². The van der Waals surface area contributed by atoms with Gasteiger partial charge in [0.25, 0.3) is 11.5 Å². The fourth-order valence-corrected chi connectivity index (χ4v) is 1.51. The molecule has 1 amide bonds. The summed E-state index contributed by atoms with van der Waals surface area (Å²) in [7, 11) is 2.62. The Balaban J connectivity index is 3.11. The van der Waals surface area contributed by atoms with Crippen molar-refractivity contribution in [3.8, 4) is 0 Å². The van der Waals surface area contributed by atoms with Crippen molar-refractivity contribution in [2.45, 2.75) is 0 Å². The number of carboxylic acids is 1. The fourth-order valence-electron chi connectivity index (χ4n) is 1.51. The van der Waals surface area contributed by atoms with Crippen LogP contribution in [0.3, 0.4) is 0 Å². The number of hydrogen-bond donors (Lipinski definition) is 2. The highest BCUT2D eigenvalue weighted by Gasteiger charge is 2.22. The molecule has 0 aliphatic carbocycles. The van der Waals surface area contributed by atoms with Gasteiger partial charge in [-0.15, -0.1) is 0 Å².